The van der Waals surface area contributed by atoms with Crippen LogP contribution in [-0.2, 0) is 12.8 Å². The third-order valence-corrected chi connectivity index (χ3v) is 7.71. The number of anilines is 1. The topological polar surface area (TPSA) is 59.2 Å². The molecule has 0 bridgehead atoms. The van der Waals surface area contributed by atoms with Gasteiger partial charge in [-0.05, 0) is 68.7 Å². The molecule has 6 nitrogen and oxygen atoms in total. The molecule has 6 rings (SSSR count). The van der Waals surface area contributed by atoms with E-state index in [2.05, 4.69) is 32.1 Å². The molecule has 0 N–H and O–H groups in total. The highest BCUT2D eigenvalue weighted by Gasteiger charge is 2.41. The Bertz CT molecular complexity index is 1310. The maximum absolute atomic E-state index is 6.62. The first kappa shape index (κ1) is 19.7. The summed E-state index contributed by atoms with van der Waals surface area (Å²) in [4.78, 5) is 16.4. The first-order valence-corrected chi connectivity index (χ1v) is 11.6. The van der Waals surface area contributed by atoms with E-state index in [0.29, 0.717) is 10.4 Å². The number of piperidine rings is 1. The fourth-order valence-electron chi connectivity index (χ4n) is 5.51. The standard InChI is InChI=1S/C25H25ClN6/c1-16-22(26)19(5-10-27-16)23-17(2)30-24(21-6-11-29-32(21)23)31-12-7-25(8-13-31)14-18-4-3-9-28-20(18)15-25/h3-6,9-11H,7-8,12-15H2,1-2H3. The Kier molecular flexibility index (Phi) is 4.47. The monoisotopic (exact) mass is 444 g/mol. The van der Waals surface area contributed by atoms with Crippen LogP contribution in [0.5, 0.6) is 0 Å². The second kappa shape index (κ2) is 7.27. The van der Waals surface area contributed by atoms with Crippen molar-refractivity contribution in [3.05, 3.63) is 70.5 Å². The summed E-state index contributed by atoms with van der Waals surface area (Å²) in [5, 5.41) is 5.29. The number of halogens is 1. The number of pyridine rings is 2. The first-order chi connectivity index (χ1) is 15.5. The molecule has 0 atom stereocenters. The van der Waals surface area contributed by atoms with Gasteiger partial charge in [-0.25, -0.2) is 9.50 Å². The number of aryl methyl sites for hydroxylation is 2. The van der Waals surface area contributed by atoms with E-state index in [1.165, 1.54) is 11.3 Å². The molecule has 162 valence electrons. The van der Waals surface area contributed by atoms with Gasteiger partial charge in [0.2, 0.25) is 0 Å². The van der Waals surface area contributed by atoms with E-state index in [9.17, 15) is 0 Å². The van der Waals surface area contributed by atoms with Crippen molar-refractivity contribution < 1.29 is 0 Å². The van der Waals surface area contributed by atoms with Crippen molar-refractivity contribution in [2.75, 3.05) is 18.0 Å². The summed E-state index contributed by atoms with van der Waals surface area (Å²) in [6.07, 6.45) is 10.1. The molecule has 0 saturated carbocycles. The van der Waals surface area contributed by atoms with Gasteiger partial charge >= 0.3 is 0 Å². The quantitative estimate of drug-likeness (QED) is 0.442. The molecule has 1 aliphatic heterocycles. The highest BCUT2D eigenvalue weighted by molar-refractivity contribution is 6.33. The largest absolute Gasteiger partial charge is 0.355 e. The number of hydrogen-bond donors (Lipinski definition) is 0. The third-order valence-electron chi connectivity index (χ3n) is 7.23. The van der Waals surface area contributed by atoms with Crippen LogP contribution in [0.1, 0.15) is 35.5 Å². The number of rotatable bonds is 2. The van der Waals surface area contributed by atoms with Gasteiger partial charge in [0, 0.05) is 36.7 Å². The highest BCUT2D eigenvalue weighted by Crippen LogP contribution is 2.45. The van der Waals surface area contributed by atoms with Gasteiger partial charge in [-0.3, -0.25) is 9.97 Å². The van der Waals surface area contributed by atoms with Crippen LogP contribution in [0.15, 0.2) is 42.9 Å². The number of nitrogens with zero attached hydrogens (tertiary/aromatic N) is 6. The van der Waals surface area contributed by atoms with Crippen molar-refractivity contribution in [1.82, 2.24) is 24.6 Å². The van der Waals surface area contributed by atoms with E-state index in [1.54, 1.807) is 6.20 Å². The number of fused-ring (bicyclic) bond motifs is 2. The average molecular weight is 445 g/mol. The number of hydrogen-bond acceptors (Lipinski definition) is 5. The van der Waals surface area contributed by atoms with Gasteiger partial charge in [0.15, 0.2) is 5.82 Å². The van der Waals surface area contributed by atoms with Crippen molar-refractivity contribution in [3.8, 4) is 11.3 Å². The summed E-state index contributed by atoms with van der Waals surface area (Å²) >= 11 is 6.62. The fourth-order valence-corrected chi connectivity index (χ4v) is 5.71. The Labute approximate surface area is 192 Å². The Balaban J connectivity index is 1.34. The van der Waals surface area contributed by atoms with Crippen LogP contribution >= 0.6 is 11.6 Å². The molecule has 4 aromatic rings. The van der Waals surface area contributed by atoms with Gasteiger partial charge in [-0.2, -0.15) is 5.10 Å². The van der Waals surface area contributed by atoms with Crippen LogP contribution in [0.25, 0.3) is 16.8 Å². The van der Waals surface area contributed by atoms with E-state index in [-0.39, 0.29) is 0 Å². The van der Waals surface area contributed by atoms with Crippen LogP contribution in [0, 0.1) is 19.3 Å². The highest BCUT2D eigenvalue weighted by atomic mass is 35.5. The SMILES string of the molecule is Cc1nccc(-c2c(C)nc(N3CCC4(CC3)Cc3cccnc3C4)c3ccnn23)c1Cl. The predicted molar refractivity (Wildman–Crippen MR) is 126 cm³/mol. The molecule has 0 unspecified atom stereocenters. The minimum atomic E-state index is 0.348. The van der Waals surface area contributed by atoms with E-state index >= 15 is 0 Å². The van der Waals surface area contributed by atoms with Crippen molar-refractivity contribution in [1.29, 1.82) is 0 Å². The minimum Gasteiger partial charge on any atom is -0.355 e. The molecular weight excluding hydrogens is 420 g/mol. The van der Waals surface area contributed by atoms with E-state index < -0.39 is 0 Å². The van der Waals surface area contributed by atoms with Gasteiger partial charge in [0.05, 0.1) is 28.3 Å². The van der Waals surface area contributed by atoms with Gasteiger partial charge in [-0.15, -0.1) is 0 Å². The first-order valence-electron chi connectivity index (χ1n) is 11.2. The predicted octanol–water partition coefficient (Wildman–Crippen LogP) is 4.84. The van der Waals surface area contributed by atoms with Gasteiger partial charge in [-0.1, -0.05) is 17.7 Å². The Morgan fingerprint density at radius 3 is 2.59 bits per heavy atom. The average Bonchev–Trinajstić information content (AvgIpc) is 3.41. The van der Waals surface area contributed by atoms with Gasteiger partial charge in [0.25, 0.3) is 0 Å². The maximum atomic E-state index is 6.62. The van der Waals surface area contributed by atoms with Gasteiger partial charge < -0.3 is 4.90 Å². The second-order valence-corrected chi connectivity index (χ2v) is 9.58. The Morgan fingerprint density at radius 1 is 0.938 bits per heavy atom. The smallest absolute Gasteiger partial charge is 0.155 e. The van der Waals surface area contributed by atoms with Crippen molar-refractivity contribution in [2.45, 2.75) is 39.5 Å². The van der Waals surface area contributed by atoms with Crippen LogP contribution < -0.4 is 4.90 Å². The van der Waals surface area contributed by atoms with Crippen LogP contribution in [-0.4, -0.2) is 37.7 Å². The molecule has 1 aliphatic carbocycles. The molecule has 2 aliphatic rings. The lowest BCUT2D eigenvalue weighted by Crippen LogP contribution is -2.41. The molecule has 0 radical (unpaired) electrons. The van der Waals surface area contributed by atoms with Gasteiger partial charge in [0.1, 0.15) is 5.52 Å². The molecular formula is C25H25ClN6. The summed E-state index contributed by atoms with van der Waals surface area (Å²) in [5.74, 6) is 1.01. The maximum Gasteiger partial charge on any atom is 0.155 e. The molecule has 1 saturated heterocycles. The van der Waals surface area contributed by atoms with E-state index in [0.717, 1.165) is 72.8 Å². The fraction of sp³-hybridized carbons (Fsp3) is 0.360. The van der Waals surface area contributed by atoms with Crippen LogP contribution in [0.4, 0.5) is 5.82 Å². The zero-order valence-electron chi connectivity index (χ0n) is 18.3. The molecule has 1 spiro atoms. The van der Waals surface area contributed by atoms with Crippen molar-refractivity contribution in [2.24, 2.45) is 5.41 Å². The molecule has 0 amide bonds. The summed E-state index contributed by atoms with van der Waals surface area (Å²) in [6.45, 7) is 5.95. The zero-order valence-corrected chi connectivity index (χ0v) is 19.1. The Hall–Kier alpha value is -2.99. The summed E-state index contributed by atoms with van der Waals surface area (Å²) < 4.78 is 1.98. The summed E-state index contributed by atoms with van der Waals surface area (Å²) in [6, 6.07) is 8.30. The lowest BCUT2D eigenvalue weighted by atomic mass is 9.76. The van der Waals surface area contributed by atoms with Crippen molar-refractivity contribution >= 4 is 22.9 Å². The molecule has 7 heteroatoms. The molecule has 0 aromatic carbocycles. The summed E-state index contributed by atoms with van der Waals surface area (Å²) in [7, 11) is 0. The Morgan fingerprint density at radius 2 is 1.78 bits per heavy atom. The molecule has 32 heavy (non-hydrogen) atoms. The second-order valence-electron chi connectivity index (χ2n) is 9.21. The minimum absolute atomic E-state index is 0.348. The van der Waals surface area contributed by atoms with Crippen molar-refractivity contribution in [3.63, 3.8) is 0 Å². The summed E-state index contributed by atoms with van der Waals surface area (Å²) in [5.41, 5.74) is 7.66. The van der Waals surface area contributed by atoms with E-state index in [1.807, 2.05) is 42.9 Å². The van der Waals surface area contributed by atoms with Crippen LogP contribution in [0.3, 0.4) is 0 Å². The normalized spacial score (nSPS) is 17.3. The third kappa shape index (κ3) is 3.00. The molecule has 5 heterocycles. The zero-order chi connectivity index (χ0) is 21.9. The van der Waals surface area contributed by atoms with Crippen LogP contribution in [0.2, 0.25) is 5.02 Å². The molecule has 4 aromatic heterocycles. The lowest BCUT2D eigenvalue weighted by Gasteiger charge is -2.40. The van der Waals surface area contributed by atoms with E-state index in [4.69, 9.17) is 16.6 Å². The number of aromatic nitrogens is 5. The molecule has 1 fully saturated rings. The lowest BCUT2D eigenvalue weighted by molar-refractivity contribution is 0.231.